The van der Waals surface area contributed by atoms with Crippen LogP contribution in [0.25, 0.3) is 0 Å². The van der Waals surface area contributed by atoms with Crippen LogP contribution in [0.2, 0.25) is 0 Å². The van der Waals surface area contributed by atoms with Crippen molar-refractivity contribution in [3.63, 3.8) is 0 Å². The van der Waals surface area contributed by atoms with E-state index in [9.17, 15) is 9.18 Å². The van der Waals surface area contributed by atoms with Gasteiger partial charge in [0.15, 0.2) is 0 Å². The number of hydrogen-bond acceptors (Lipinski definition) is 2. The summed E-state index contributed by atoms with van der Waals surface area (Å²) in [6, 6.07) is -0.773. The smallest absolute Gasteiger partial charge is 0.317 e. The van der Waals surface area contributed by atoms with Gasteiger partial charge in [0, 0.05) is 0 Å². The molecule has 0 aromatic carbocycles. The van der Waals surface area contributed by atoms with Crippen LogP contribution in [0.4, 0.5) is 4.39 Å². The van der Waals surface area contributed by atoms with Gasteiger partial charge in [-0.15, -0.1) is 0 Å². The van der Waals surface area contributed by atoms with Gasteiger partial charge in [0.1, 0.15) is 0 Å². The number of esters is 1. The molecule has 0 saturated carbocycles. The highest BCUT2D eigenvalue weighted by Crippen LogP contribution is 2.09. The molecule has 38 valence electrons. The highest BCUT2D eigenvalue weighted by Gasteiger charge is 2.11. The fourth-order valence-corrected chi connectivity index (χ4v) is 0.356. The van der Waals surface area contributed by atoms with Crippen molar-refractivity contribution in [1.82, 2.24) is 0 Å². The lowest BCUT2D eigenvalue weighted by Gasteiger charge is -1.83. The van der Waals surface area contributed by atoms with Gasteiger partial charge in [-0.05, 0) is 6.08 Å². The molecule has 0 bridgehead atoms. The van der Waals surface area contributed by atoms with Crippen molar-refractivity contribution < 1.29 is 13.9 Å². The van der Waals surface area contributed by atoms with Crippen LogP contribution in [0, 0.1) is 0 Å². The SMILES string of the molecule is O=C1CC=C(F)O1. The number of carbonyl (C=O) groups is 1. The normalized spacial score (nSPS) is 19.0. The number of halogens is 1. The molecule has 0 unspecified atom stereocenters. The molecule has 0 aliphatic carbocycles. The minimum atomic E-state index is -0.773. The molecule has 3 heteroatoms. The summed E-state index contributed by atoms with van der Waals surface area (Å²) in [5.74, 6) is -0.516. The molecule has 0 aromatic rings. The lowest BCUT2D eigenvalue weighted by Crippen LogP contribution is -1.90. The Morgan fingerprint density at radius 2 is 2.57 bits per heavy atom. The average Bonchev–Trinajstić information content (AvgIpc) is 1.87. The van der Waals surface area contributed by atoms with Gasteiger partial charge in [-0.2, -0.15) is 4.39 Å². The number of hydrogen-bond donors (Lipinski definition) is 0. The third-order valence-electron chi connectivity index (χ3n) is 0.641. The molecule has 0 N–H and O–H groups in total. The van der Waals surface area contributed by atoms with E-state index in [1.807, 2.05) is 0 Å². The summed E-state index contributed by atoms with van der Waals surface area (Å²) in [7, 11) is 0. The maximum atomic E-state index is 11.6. The summed E-state index contributed by atoms with van der Waals surface area (Å²) in [4.78, 5) is 9.94. The van der Waals surface area contributed by atoms with Crippen LogP contribution in [-0.4, -0.2) is 5.97 Å². The van der Waals surface area contributed by atoms with Gasteiger partial charge in [-0.25, -0.2) is 0 Å². The first kappa shape index (κ1) is 4.30. The maximum Gasteiger partial charge on any atom is 0.317 e. The lowest BCUT2D eigenvalue weighted by molar-refractivity contribution is -0.138. The van der Waals surface area contributed by atoms with E-state index in [1.165, 1.54) is 0 Å². The first-order valence-electron chi connectivity index (χ1n) is 1.85. The molecule has 0 amide bonds. The van der Waals surface area contributed by atoms with Crippen molar-refractivity contribution in [2.24, 2.45) is 0 Å². The molecule has 0 atom stereocenters. The zero-order chi connectivity index (χ0) is 5.28. The van der Waals surface area contributed by atoms with Crippen molar-refractivity contribution in [3.05, 3.63) is 12.1 Å². The van der Waals surface area contributed by atoms with Gasteiger partial charge >= 0.3 is 5.97 Å². The van der Waals surface area contributed by atoms with Gasteiger partial charge in [0.05, 0.1) is 6.42 Å². The average molecular weight is 102 g/mol. The van der Waals surface area contributed by atoms with Crippen LogP contribution in [-0.2, 0) is 9.53 Å². The van der Waals surface area contributed by atoms with E-state index >= 15 is 0 Å². The zero-order valence-corrected chi connectivity index (χ0v) is 3.48. The number of rotatable bonds is 0. The Hall–Kier alpha value is -0.860. The highest BCUT2D eigenvalue weighted by molar-refractivity contribution is 5.74. The quantitative estimate of drug-likeness (QED) is 0.422. The minimum Gasteiger partial charge on any atom is -0.399 e. The summed E-state index contributed by atoms with van der Waals surface area (Å²) in [6.45, 7) is 0. The summed E-state index contributed by atoms with van der Waals surface area (Å²) in [6.07, 6.45) is 1.17. The van der Waals surface area contributed by atoms with E-state index < -0.39 is 12.0 Å². The van der Waals surface area contributed by atoms with E-state index in [2.05, 4.69) is 4.74 Å². The van der Waals surface area contributed by atoms with Crippen molar-refractivity contribution in [2.45, 2.75) is 6.42 Å². The number of cyclic esters (lactones) is 1. The van der Waals surface area contributed by atoms with Gasteiger partial charge in [-0.3, -0.25) is 4.79 Å². The first-order valence-corrected chi connectivity index (χ1v) is 1.85. The van der Waals surface area contributed by atoms with Gasteiger partial charge in [0.2, 0.25) is 0 Å². The van der Waals surface area contributed by atoms with Crippen LogP contribution < -0.4 is 0 Å². The van der Waals surface area contributed by atoms with E-state index in [1.54, 1.807) is 0 Å². The third kappa shape index (κ3) is 0.765. The third-order valence-corrected chi connectivity index (χ3v) is 0.641. The Balaban J connectivity index is 2.58. The monoisotopic (exact) mass is 102 g/mol. The van der Waals surface area contributed by atoms with Crippen LogP contribution >= 0.6 is 0 Å². The second-order valence-electron chi connectivity index (χ2n) is 1.19. The molecule has 2 nitrogen and oxygen atoms in total. The predicted octanol–water partition coefficient (Wildman–Crippen LogP) is 0.744. The largest absolute Gasteiger partial charge is 0.399 e. The Morgan fingerprint density at radius 1 is 1.86 bits per heavy atom. The molecule has 7 heavy (non-hydrogen) atoms. The molecular formula is C4H3FO2. The summed E-state index contributed by atoms with van der Waals surface area (Å²) >= 11 is 0. The zero-order valence-electron chi connectivity index (χ0n) is 3.48. The summed E-state index contributed by atoms with van der Waals surface area (Å²) in [5.41, 5.74) is 0. The molecule has 1 rings (SSSR count). The van der Waals surface area contributed by atoms with E-state index in [0.717, 1.165) is 6.08 Å². The fourth-order valence-electron chi connectivity index (χ4n) is 0.356. The molecule has 0 saturated heterocycles. The van der Waals surface area contributed by atoms with Crippen LogP contribution in [0.3, 0.4) is 0 Å². The molecule has 0 fully saturated rings. The van der Waals surface area contributed by atoms with E-state index in [-0.39, 0.29) is 6.42 Å². The van der Waals surface area contributed by atoms with E-state index in [0.29, 0.717) is 0 Å². The van der Waals surface area contributed by atoms with Crippen LogP contribution in [0.15, 0.2) is 12.1 Å². The second kappa shape index (κ2) is 1.33. The Kier molecular flexibility index (Phi) is 0.817. The Morgan fingerprint density at radius 3 is 2.71 bits per heavy atom. The van der Waals surface area contributed by atoms with Crippen molar-refractivity contribution >= 4 is 5.97 Å². The second-order valence-corrected chi connectivity index (χ2v) is 1.19. The topological polar surface area (TPSA) is 26.3 Å². The molecule has 1 heterocycles. The molecule has 0 aromatic heterocycles. The lowest BCUT2D eigenvalue weighted by atomic mass is 10.5. The standard InChI is InChI=1S/C4H3FO2/c5-3-1-2-4(6)7-3/h1H,2H2. The van der Waals surface area contributed by atoms with Crippen molar-refractivity contribution in [2.75, 3.05) is 0 Å². The maximum absolute atomic E-state index is 11.6. The summed E-state index contributed by atoms with van der Waals surface area (Å²) in [5, 5.41) is 0. The number of carbonyl (C=O) groups excluding carboxylic acids is 1. The molecule has 0 radical (unpaired) electrons. The van der Waals surface area contributed by atoms with Crippen LogP contribution in [0.5, 0.6) is 0 Å². The van der Waals surface area contributed by atoms with Gasteiger partial charge in [-0.1, -0.05) is 0 Å². The highest BCUT2D eigenvalue weighted by atomic mass is 19.1. The van der Waals surface area contributed by atoms with Gasteiger partial charge < -0.3 is 4.74 Å². The van der Waals surface area contributed by atoms with Crippen molar-refractivity contribution in [1.29, 1.82) is 0 Å². The fraction of sp³-hybridized carbons (Fsp3) is 0.250. The number of ether oxygens (including phenoxy) is 1. The molecule has 1 aliphatic heterocycles. The Labute approximate surface area is 39.6 Å². The van der Waals surface area contributed by atoms with Gasteiger partial charge in [0.25, 0.3) is 6.01 Å². The van der Waals surface area contributed by atoms with E-state index in [4.69, 9.17) is 0 Å². The molecule has 0 spiro atoms. The molecular weight excluding hydrogens is 99.0 g/mol. The predicted molar refractivity (Wildman–Crippen MR) is 19.9 cm³/mol. The first-order chi connectivity index (χ1) is 3.29. The molecule has 1 aliphatic rings. The minimum absolute atomic E-state index is 0.0752. The van der Waals surface area contributed by atoms with Crippen LogP contribution in [0.1, 0.15) is 6.42 Å². The van der Waals surface area contributed by atoms with Crippen molar-refractivity contribution in [3.8, 4) is 0 Å². The Bertz CT molecular complexity index is 128. The summed E-state index contributed by atoms with van der Waals surface area (Å²) < 4.78 is 15.5.